The van der Waals surface area contributed by atoms with Crippen molar-refractivity contribution in [1.29, 1.82) is 0 Å². The van der Waals surface area contributed by atoms with Crippen LogP contribution in [0.2, 0.25) is 5.02 Å². The van der Waals surface area contributed by atoms with Gasteiger partial charge in [-0.15, -0.1) is 11.8 Å². The Kier molecular flexibility index (Phi) is 6.52. The number of hydrogen-bond donors (Lipinski definition) is 3. The van der Waals surface area contributed by atoms with E-state index < -0.39 is 5.91 Å². The Morgan fingerprint density at radius 1 is 1.17 bits per heavy atom. The van der Waals surface area contributed by atoms with Gasteiger partial charge in [-0.05, 0) is 30.7 Å². The lowest BCUT2D eigenvalue weighted by Crippen LogP contribution is -2.45. The summed E-state index contributed by atoms with van der Waals surface area (Å²) in [5, 5.41) is 9.62. The van der Waals surface area contributed by atoms with Crippen molar-refractivity contribution >= 4 is 35.2 Å². The van der Waals surface area contributed by atoms with Crippen LogP contribution in [0.5, 0.6) is 5.75 Å². The third-order valence-corrected chi connectivity index (χ3v) is 4.66. The SMILES string of the molecule is CC(SCc1ccccc1)C(=O)NNC(=O)c1cc(Cl)ccc1O. The average molecular weight is 365 g/mol. The first-order chi connectivity index (χ1) is 11.5. The summed E-state index contributed by atoms with van der Waals surface area (Å²) in [4.78, 5) is 24.0. The van der Waals surface area contributed by atoms with Gasteiger partial charge < -0.3 is 5.11 Å². The number of phenols is 1. The molecule has 1 atom stereocenters. The second-order valence-corrected chi connectivity index (χ2v) is 6.81. The van der Waals surface area contributed by atoms with Gasteiger partial charge in [-0.3, -0.25) is 20.4 Å². The normalized spacial score (nSPS) is 11.6. The molecule has 1 unspecified atom stereocenters. The van der Waals surface area contributed by atoms with Crippen LogP contribution in [-0.2, 0) is 10.5 Å². The topological polar surface area (TPSA) is 78.4 Å². The highest BCUT2D eigenvalue weighted by atomic mass is 35.5. The summed E-state index contributed by atoms with van der Waals surface area (Å²) >= 11 is 7.25. The number of rotatable bonds is 5. The first-order valence-corrected chi connectivity index (χ1v) is 8.64. The van der Waals surface area contributed by atoms with Gasteiger partial charge in [0.15, 0.2) is 0 Å². The molecule has 2 amide bonds. The van der Waals surface area contributed by atoms with Crippen molar-refractivity contribution in [3.8, 4) is 5.75 Å². The van der Waals surface area contributed by atoms with E-state index in [1.165, 1.54) is 30.0 Å². The maximum absolute atomic E-state index is 12.0. The summed E-state index contributed by atoms with van der Waals surface area (Å²) in [7, 11) is 0. The molecule has 0 aromatic heterocycles. The Labute approximate surface area is 149 Å². The molecule has 126 valence electrons. The van der Waals surface area contributed by atoms with Gasteiger partial charge in [-0.25, -0.2) is 0 Å². The first kappa shape index (κ1) is 18.2. The lowest BCUT2D eigenvalue weighted by Gasteiger charge is -2.13. The predicted octanol–water partition coefficient (Wildman–Crippen LogP) is 3.13. The maximum Gasteiger partial charge on any atom is 0.273 e. The van der Waals surface area contributed by atoms with Gasteiger partial charge in [-0.2, -0.15) is 0 Å². The van der Waals surface area contributed by atoms with E-state index in [1.807, 2.05) is 30.3 Å². The number of halogens is 1. The second-order valence-electron chi connectivity index (χ2n) is 5.04. The van der Waals surface area contributed by atoms with Crippen molar-refractivity contribution in [3.05, 3.63) is 64.7 Å². The number of carbonyl (C=O) groups is 2. The highest BCUT2D eigenvalue weighted by molar-refractivity contribution is 7.99. The molecule has 0 bridgehead atoms. The number of hydrogen-bond acceptors (Lipinski definition) is 4. The van der Waals surface area contributed by atoms with Crippen LogP contribution in [0.25, 0.3) is 0 Å². The minimum Gasteiger partial charge on any atom is -0.507 e. The molecule has 2 aromatic rings. The summed E-state index contributed by atoms with van der Waals surface area (Å²) < 4.78 is 0. The Bertz CT molecular complexity index is 725. The van der Waals surface area contributed by atoms with Crippen molar-refractivity contribution < 1.29 is 14.7 Å². The number of aromatic hydroxyl groups is 1. The van der Waals surface area contributed by atoms with Gasteiger partial charge in [-0.1, -0.05) is 41.9 Å². The first-order valence-electron chi connectivity index (χ1n) is 7.21. The van der Waals surface area contributed by atoms with Crippen LogP contribution in [0, 0.1) is 0 Å². The molecule has 0 heterocycles. The zero-order valence-corrected chi connectivity index (χ0v) is 14.5. The van der Waals surface area contributed by atoms with Crippen molar-refractivity contribution in [1.82, 2.24) is 10.9 Å². The van der Waals surface area contributed by atoms with E-state index in [-0.39, 0.29) is 22.5 Å². The van der Waals surface area contributed by atoms with Crippen molar-refractivity contribution in [2.75, 3.05) is 0 Å². The Hall–Kier alpha value is -2.18. The number of phenolic OH excluding ortho intramolecular Hbond substituents is 1. The Balaban J connectivity index is 1.83. The van der Waals surface area contributed by atoms with E-state index in [0.29, 0.717) is 10.8 Å². The molecule has 5 nitrogen and oxygen atoms in total. The Morgan fingerprint density at radius 2 is 1.88 bits per heavy atom. The van der Waals surface area contributed by atoms with Gasteiger partial charge in [0.05, 0.1) is 10.8 Å². The van der Waals surface area contributed by atoms with Gasteiger partial charge in [0.25, 0.3) is 11.8 Å². The molecule has 0 aliphatic heterocycles. The molecule has 0 saturated carbocycles. The summed E-state index contributed by atoms with van der Waals surface area (Å²) in [6.45, 7) is 1.76. The quantitative estimate of drug-likeness (QED) is 0.712. The molecule has 2 aromatic carbocycles. The smallest absolute Gasteiger partial charge is 0.273 e. The fraction of sp³-hybridized carbons (Fsp3) is 0.176. The van der Waals surface area contributed by atoms with Crippen molar-refractivity contribution in [3.63, 3.8) is 0 Å². The van der Waals surface area contributed by atoms with E-state index in [4.69, 9.17) is 11.6 Å². The van der Waals surface area contributed by atoms with Crippen LogP contribution in [0.1, 0.15) is 22.8 Å². The summed E-state index contributed by atoms with van der Waals surface area (Å²) in [5.41, 5.74) is 5.74. The van der Waals surface area contributed by atoms with Gasteiger partial charge in [0.2, 0.25) is 0 Å². The third-order valence-electron chi connectivity index (χ3n) is 3.21. The van der Waals surface area contributed by atoms with Gasteiger partial charge in [0.1, 0.15) is 5.75 Å². The number of amides is 2. The fourth-order valence-corrected chi connectivity index (χ4v) is 2.87. The standard InChI is InChI=1S/C17H17ClN2O3S/c1-11(24-10-12-5-3-2-4-6-12)16(22)19-20-17(23)14-9-13(18)7-8-15(14)21/h2-9,11,21H,10H2,1H3,(H,19,22)(H,20,23). The number of nitrogens with one attached hydrogen (secondary N) is 2. The van der Waals surface area contributed by atoms with Crippen LogP contribution in [-0.4, -0.2) is 22.2 Å². The van der Waals surface area contributed by atoms with Gasteiger partial charge >= 0.3 is 0 Å². The molecule has 0 spiro atoms. The number of hydrazine groups is 1. The Morgan fingerprint density at radius 3 is 2.58 bits per heavy atom. The highest BCUT2D eigenvalue weighted by Crippen LogP contribution is 2.21. The van der Waals surface area contributed by atoms with Crippen LogP contribution in [0.15, 0.2) is 48.5 Å². The van der Waals surface area contributed by atoms with Crippen LogP contribution in [0.4, 0.5) is 0 Å². The molecule has 0 aliphatic rings. The van der Waals surface area contributed by atoms with Crippen LogP contribution in [0.3, 0.4) is 0 Å². The molecular weight excluding hydrogens is 348 g/mol. The summed E-state index contributed by atoms with van der Waals surface area (Å²) in [5.74, 6) is -0.481. The molecular formula is C17H17ClN2O3S. The maximum atomic E-state index is 12.0. The third kappa shape index (κ3) is 5.18. The van der Waals surface area contributed by atoms with E-state index in [9.17, 15) is 14.7 Å². The molecule has 3 N–H and O–H groups in total. The molecule has 0 aliphatic carbocycles. The average Bonchev–Trinajstić information content (AvgIpc) is 2.60. The predicted molar refractivity (Wildman–Crippen MR) is 95.9 cm³/mol. The monoisotopic (exact) mass is 364 g/mol. The summed E-state index contributed by atoms with van der Waals surface area (Å²) in [6, 6.07) is 13.9. The molecule has 2 rings (SSSR count). The van der Waals surface area contributed by atoms with Crippen LogP contribution < -0.4 is 10.9 Å². The molecule has 24 heavy (non-hydrogen) atoms. The summed E-state index contributed by atoms with van der Waals surface area (Å²) in [6.07, 6.45) is 0. The highest BCUT2D eigenvalue weighted by Gasteiger charge is 2.16. The fourth-order valence-electron chi connectivity index (χ4n) is 1.85. The minimum absolute atomic E-state index is 0.00704. The number of thioether (sulfide) groups is 1. The minimum atomic E-state index is -0.636. The lowest BCUT2D eigenvalue weighted by molar-refractivity contribution is -0.121. The number of carbonyl (C=O) groups excluding carboxylic acids is 2. The van der Waals surface area contributed by atoms with E-state index in [0.717, 1.165) is 5.56 Å². The zero-order valence-electron chi connectivity index (χ0n) is 13.0. The van der Waals surface area contributed by atoms with E-state index in [1.54, 1.807) is 6.92 Å². The second kappa shape index (κ2) is 8.61. The molecule has 0 radical (unpaired) electrons. The molecule has 7 heteroatoms. The van der Waals surface area contributed by atoms with E-state index in [2.05, 4.69) is 10.9 Å². The zero-order chi connectivity index (χ0) is 17.5. The largest absolute Gasteiger partial charge is 0.507 e. The van der Waals surface area contributed by atoms with Crippen molar-refractivity contribution in [2.45, 2.75) is 17.9 Å². The van der Waals surface area contributed by atoms with Crippen LogP contribution >= 0.6 is 23.4 Å². The number of benzene rings is 2. The molecule has 0 saturated heterocycles. The molecule has 0 fully saturated rings. The van der Waals surface area contributed by atoms with Gasteiger partial charge in [0, 0.05) is 10.8 Å². The lowest BCUT2D eigenvalue weighted by atomic mass is 10.2. The van der Waals surface area contributed by atoms with Crippen molar-refractivity contribution in [2.24, 2.45) is 0 Å². The van der Waals surface area contributed by atoms with E-state index >= 15 is 0 Å².